The third-order valence-corrected chi connectivity index (χ3v) is 4.69. The molecule has 4 nitrogen and oxygen atoms in total. The Morgan fingerprint density at radius 2 is 1.73 bits per heavy atom. The van der Waals surface area contributed by atoms with Crippen LogP contribution in [0.15, 0.2) is 36.4 Å². The number of carbonyl (C=O) groups is 1. The maximum absolute atomic E-state index is 12.2. The lowest BCUT2D eigenvalue weighted by atomic mass is 10.1. The number of halogens is 1. The van der Waals surface area contributed by atoms with E-state index in [0.29, 0.717) is 18.9 Å². The summed E-state index contributed by atoms with van der Waals surface area (Å²) in [6, 6.07) is 11.6. The van der Waals surface area contributed by atoms with Crippen molar-refractivity contribution in [2.45, 2.75) is 40.2 Å². The highest BCUT2D eigenvalue weighted by atomic mass is 35.5. The third kappa shape index (κ3) is 5.67. The van der Waals surface area contributed by atoms with Crippen molar-refractivity contribution < 1.29 is 14.3 Å². The maximum Gasteiger partial charge on any atom is 0.260 e. The van der Waals surface area contributed by atoms with E-state index in [4.69, 9.17) is 21.1 Å². The van der Waals surface area contributed by atoms with Gasteiger partial charge in [-0.3, -0.25) is 4.79 Å². The topological polar surface area (TPSA) is 47.6 Å². The number of nitrogens with one attached hydrogen (secondary N) is 1. The number of hydrogen-bond acceptors (Lipinski definition) is 3. The van der Waals surface area contributed by atoms with Crippen LogP contribution < -0.4 is 14.8 Å². The molecule has 26 heavy (non-hydrogen) atoms. The molecule has 1 unspecified atom stereocenters. The Bertz CT molecular complexity index is 720. The largest absolute Gasteiger partial charge is 0.492 e. The summed E-state index contributed by atoms with van der Waals surface area (Å²) < 4.78 is 11.4. The second-order valence-corrected chi connectivity index (χ2v) is 6.65. The predicted molar refractivity (Wildman–Crippen MR) is 105 cm³/mol. The summed E-state index contributed by atoms with van der Waals surface area (Å²) in [6.07, 6.45) is 0.403. The molecule has 2 rings (SSSR count). The quantitative estimate of drug-likeness (QED) is 0.692. The minimum Gasteiger partial charge on any atom is -0.492 e. The summed E-state index contributed by atoms with van der Waals surface area (Å²) in [4.78, 5) is 12.2. The Labute approximate surface area is 160 Å². The van der Waals surface area contributed by atoms with Gasteiger partial charge >= 0.3 is 0 Å². The standard InChI is InChI=1S/C21H26ClNO3/c1-5-17-6-8-18(9-7-17)25-11-10-23-21(24)16(4)26-19-12-14(2)20(22)15(3)13-19/h6-9,12-13,16H,5,10-11H2,1-4H3,(H,23,24). The summed E-state index contributed by atoms with van der Waals surface area (Å²) in [5.74, 6) is 1.26. The Balaban J connectivity index is 1.76. The molecule has 0 spiro atoms. The molecule has 0 aromatic heterocycles. The van der Waals surface area contributed by atoms with Crippen LogP contribution in [0.1, 0.15) is 30.5 Å². The van der Waals surface area contributed by atoms with Gasteiger partial charge in [-0.1, -0.05) is 30.7 Å². The Kier molecular flexibility index (Phi) is 7.34. The first-order chi connectivity index (χ1) is 12.4. The second-order valence-electron chi connectivity index (χ2n) is 6.27. The predicted octanol–water partition coefficient (Wildman–Crippen LogP) is 4.48. The molecule has 0 aliphatic carbocycles. The normalized spacial score (nSPS) is 11.7. The fourth-order valence-electron chi connectivity index (χ4n) is 2.54. The fraction of sp³-hybridized carbons (Fsp3) is 0.381. The summed E-state index contributed by atoms with van der Waals surface area (Å²) in [5, 5.41) is 3.54. The average molecular weight is 376 g/mol. The molecule has 0 heterocycles. The fourth-order valence-corrected chi connectivity index (χ4v) is 2.65. The SMILES string of the molecule is CCc1ccc(OCCNC(=O)C(C)Oc2cc(C)c(Cl)c(C)c2)cc1. The molecule has 2 aromatic carbocycles. The molecule has 140 valence electrons. The van der Waals surface area contributed by atoms with Crippen molar-refractivity contribution in [3.63, 3.8) is 0 Å². The molecule has 1 N–H and O–H groups in total. The lowest BCUT2D eigenvalue weighted by molar-refractivity contribution is -0.127. The monoisotopic (exact) mass is 375 g/mol. The summed E-state index contributed by atoms with van der Waals surface area (Å²) in [7, 11) is 0. The van der Waals surface area contributed by atoms with Gasteiger partial charge in [0.2, 0.25) is 0 Å². The lowest BCUT2D eigenvalue weighted by Crippen LogP contribution is -2.38. The van der Waals surface area contributed by atoms with Gasteiger partial charge in [0.25, 0.3) is 5.91 Å². The van der Waals surface area contributed by atoms with E-state index in [1.807, 2.05) is 50.2 Å². The van der Waals surface area contributed by atoms with Crippen LogP contribution in [0, 0.1) is 13.8 Å². The van der Waals surface area contributed by atoms with Crippen molar-refractivity contribution in [1.29, 1.82) is 0 Å². The zero-order valence-electron chi connectivity index (χ0n) is 15.8. The van der Waals surface area contributed by atoms with Gasteiger partial charge in [-0.05, 0) is 68.1 Å². The summed E-state index contributed by atoms with van der Waals surface area (Å²) >= 11 is 6.15. The molecule has 2 aromatic rings. The first-order valence-electron chi connectivity index (χ1n) is 8.83. The first-order valence-corrected chi connectivity index (χ1v) is 9.21. The molecular weight excluding hydrogens is 350 g/mol. The van der Waals surface area contributed by atoms with E-state index in [1.54, 1.807) is 6.92 Å². The summed E-state index contributed by atoms with van der Waals surface area (Å²) in [5.41, 5.74) is 3.12. The van der Waals surface area contributed by atoms with E-state index < -0.39 is 6.10 Å². The van der Waals surface area contributed by atoms with E-state index in [-0.39, 0.29) is 5.91 Å². The third-order valence-electron chi connectivity index (χ3n) is 4.09. The molecule has 5 heteroatoms. The van der Waals surface area contributed by atoms with Gasteiger partial charge < -0.3 is 14.8 Å². The van der Waals surface area contributed by atoms with Gasteiger partial charge in [0, 0.05) is 5.02 Å². The van der Waals surface area contributed by atoms with E-state index in [1.165, 1.54) is 5.56 Å². The lowest BCUT2D eigenvalue weighted by Gasteiger charge is -2.16. The van der Waals surface area contributed by atoms with Crippen LogP contribution in [0.5, 0.6) is 11.5 Å². The molecule has 0 saturated heterocycles. The molecule has 0 aliphatic rings. The summed E-state index contributed by atoms with van der Waals surface area (Å²) in [6.45, 7) is 8.48. The van der Waals surface area contributed by atoms with Crippen LogP contribution in [-0.2, 0) is 11.2 Å². The van der Waals surface area contributed by atoms with Gasteiger partial charge in [-0.15, -0.1) is 0 Å². The number of rotatable bonds is 8. The molecule has 1 amide bonds. The van der Waals surface area contributed by atoms with Crippen LogP contribution in [-0.4, -0.2) is 25.2 Å². The first kappa shape index (κ1) is 20.1. The number of aryl methyl sites for hydroxylation is 3. The maximum atomic E-state index is 12.2. The number of hydrogen-bond donors (Lipinski definition) is 1. The molecule has 1 atom stereocenters. The molecule has 0 fully saturated rings. The minimum absolute atomic E-state index is 0.180. The van der Waals surface area contributed by atoms with Crippen LogP contribution >= 0.6 is 11.6 Å². The van der Waals surface area contributed by atoms with E-state index >= 15 is 0 Å². The van der Waals surface area contributed by atoms with Gasteiger partial charge in [-0.25, -0.2) is 0 Å². The van der Waals surface area contributed by atoms with Crippen molar-refractivity contribution >= 4 is 17.5 Å². The minimum atomic E-state index is -0.598. The number of ether oxygens (including phenoxy) is 2. The highest BCUT2D eigenvalue weighted by Crippen LogP contribution is 2.26. The van der Waals surface area contributed by atoms with E-state index in [0.717, 1.165) is 28.3 Å². The number of amides is 1. The Hall–Kier alpha value is -2.20. The van der Waals surface area contributed by atoms with Crippen molar-refractivity contribution in [3.8, 4) is 11.5 Å². The van der Waals surface area contributed by atoms with Crippen molar-refractivity contribution in [2.75, 3.05) is 13.2 Å². The van der Waals surface area contributed by atoms with Gasteiger partial charge in [0.1, 0.15) is 18.1 Å². The molecule has 0 bridgehead atoms. The molecule has 0 saturated carbocycles. The zero-order valence-corrected chi connectivity index (χ0v) is 16.5. The van der Waals surface area contributed by atoms with Crippen LogP contribution in [0.2, 0.25) is 5.02 Å². The van der Waals surface area contributed by atoms with Crippen molar-refractivity contribution in [3.05, 3.63) is 58.1 Å². The number of benzene rings is 2. The highest BCUT2D eigenvalue weighted by Gasteiger charge is 2.15. The van der Waals surface area contributed by atoms with E-state index in [2.05, 4.69) is 12.2 Å². The zero-order chi connectivity index (χ0) is 19.1. The van der Waals surface area contributed by atoms with E-state index in [9.17, 15) is 4.79 Å². The second kappa shape index (κ2) is 9.48. The van der Waals surface area contributed by atoms with Crippen LogP contribution in [0.4, 0.5) is 0 Å². The Morgan fingerprint density at radius 3 is 2.31 bits per heavy atom. The average Bonchev–Trinajstić information content (AvgIpc) is 2.63. The smallest absolute Gasteiger partial charge is 0.260 e. The van der Waals surface area contributed by atoms with Gasteiger partial charge in [0.15, 0.2) is 6.10 Å². The van der Waals surface area contributed by atoms with Crippen LogP contribution in [0.25, 0.3) is 0 Å². The molecule has 0 aliphatic heterocycles. The Morgan fingerprint density at radius 1 is 1.12 bits per heavy atom. The highest BCUT2D eigenvalue weighted by molar-refractivity contribution is 6.32. The van der Waals surface area contributed by atoms with Crippen LogP contribution in [0.3, 0.4) is 0 Å². The number of carbonyl (C=O) groups excluding carboxylic acids is 1. The molecular formula is C21H26ClNO3. The van der Waals surface area contributed by atoms with Crippen molar-refractivity contribution in [1.82, 2.24) is 5.32 Å². The molecule has 0 radical (unpaired) electrons. The van der Waals surface area contributed by atoms with Gasteiger partial charge in [-0.2, -0.15) is 0 Å². The van der Waals surface area contributed by atoms with Crippen molar-refractivity contribution in [2.24, 2.45) is 0 Å². The van der Waals surface area contributed by atoms with Gasteiger partial charge in [0.05, 0.1) is 6.54 Å².